The van der Waals surface area contributed by atoms with E-state index in [4.69, 9.17) is 10.5 Å². The fourth-order valence-electron chi connectivity index (χ4n) is 2.27. The lowest BCUT2D eigenvalue weighted by Gasteiger charge is -2.31. The highest BCUT2D eigenvalue weighted by molar-refractivity contribution is 7.15. The number of hydrogen-bond acceptors (Lipinski definition) is 5. The highest BCUT2D eigenvalue weighted by Crippen LogP contribution is 2.25. The van der Waals surface area contributed by atoms with Crippen molar-refractivity contribution in [1.29, 1.82) is 0 Å². The van der Waals surface area contributed by atoms with Gasteiger partial charge in [-0.1, -0.05) is 0 Å². The van der Waals surface area contributed by atoms with Crippen molar-refractivity contribution < 1.29 is 4.74 Å². The van der Waals surface area contributed by atoms with E-state index in [0.29, 0.717) is 6.54 Å². The van der Waals surface area contributed by atoms with Crippen LogP contribution in [0.5, 0.6) is 0 Å². The summed E-state index contributed by atoms with van der Waals surface area (Å²) in [6.07, 6.45) is 2.29. The molecule has 0 radical (unpaired) electrons. The Morgan fingerprint density at radius 2 is 2.53 bits per heavy atom. The molecule has 0 saturated carbocycles. The van der Waals surface area contributed by atoms with Gasteiger partial charge in [0.1, 0.15) is 0 Å². The van der Waals surface area contributed by atoms with Gasteiger partial charge in [-0.15, -0.1) is 11.3 Å². The maximum atomic E-state index is 5.85. The molecular formula is C11H16N4OS. The zero-order valence-corrected chi connectivity index (χ0v) is 10.6. The molecule has 1 unspecified atom stereocenters. The summed E-state index contributed by atoms with van der Waals surface area (Å²) in [5.41, 5.74) is 6.94. The Labute approximate surface area is 104 Å². The van der Waals surface area contributed by atoms with Crippen molar-refractivity contribution in [2.24, 2.45) is 5.73 Å². The van der Waals surface area contributed by atoms with Crippen molar-refractivity contribution in [1.82, 2.24) is 9.38 Å². The molecule has 3 rings (SSSR count). The number of morpholine rings is 1. The van der Waals surface area contributed by atoms with E-state index >= 15 is 0 Å². The molecule has 1 aliphatic heterocycles. The van der Waals surface area contributed by atoms with Crippen LogP contribution in [0.25, 0.3) is 4.96 Å². The molecule has 92 valence electrons. The van der Waals surface area contributed by atoms with Crippen molar-refractivity contribution in [3.05, 3.63) is 17.3 Å². The Morgan fingerprint density at radius 1 is 1.65 bits per heavy atom. The van der Waals surface area contributed by atoms with Crippen molar-refractivity contribution in [3.8, 4) is 0 Å². The van der Waals surface area contributed by atoms with Crippen LogP contribution in [0.2, 0.25) is 0 Å². The van der Waals surface area contributed by atoms with Crippen LogP contribution >= 0.6 is 11.3 Å². The van der Waals surface area contributed by atoms with Gasteiger partial charge >= 0.3 is 0 Å². The Hall–Kier alpha value is -1.11. The predicted molar refractivity (Wildman–Crippen MR) is 68.6 cm³/mol. The summed E-state index contributed by atoms with van der Waals surface area (Å²) in [4.78, 5) is 7.96. The molecular weight excluding hydrogens is 236 g/mol. The monoisotopic (exact) mass is 252 g/mol. The van der Waals surface area contributed by atoms with E-state index in [1.165, 1.54) is 0 Å². The van der Waals surface area contributed by atoms with Gasteiger partial charge in [0.25, 0.3) is 0 Å². The minimum atomic E-state index is 0.258. The lowest BCUT2D eigenvalue weighted by molar-refractivity contribution is 0.0529. The summed E-state index contributed by atoms with van der Waals surface area (Å²) >= 11 is 1.64. The lowest BCUT2D eigenvalue weighted by Crippen LogP contribution is -2.41. The number of hydrogen-bond donors (Lipinski definition) is 1. The smallest absolute Gasteiger partial charge is 0.195 e. The minimum Gasteiger partial charge on any atom is -0.375 e. The molecule has 6 heteroatoms. The normalized spacial score (nSPS) is 21.3. The molecule has 1 atom stereocenters. The van der Waals surface area contributed by atoms with E-state index in [-0.39, 0.29) is 6.10 Å². The third-order valence-corrected chi connectivity index (χ3v) is 3.83. The third-order valence-electron chi connectivity index (χ3n) is 3.07. The number of anilines is 1. The first-order valence-electron chi connectivity index (χ1n) is 5.80. The number of fused-ring (bicyclic) bond motifs is 1. The van der Waals surface area contributed by atoms with Gasteiger partial charge < -0.3 is 15.4 Å². The summed E-state index contributed by atoms with van der Waals surface area (Å²) in [6.45, 7) is 5.14. The fraction of sp³-hybridized carbons (Fsp3) is 0.545. The number of nitrogens with two attached hydrogens (primary N) is 1. The van der Waals surface area contributed by atoms with Gasteiger partial charge in [0.15, 0.2) is 10.8 Å². The van der Waals surface area contributed by atoms with Crippen molar-refractivity contribution >= 4 is 22.1 Å². The highest BCUT2D eigenvalue weighted by Gasteiger charge is 2.22. The number of thiazole rings is 1. The maximum Gasteiger partial charge on any atom is 0.195 e. The van der Waals surface area contributed by atoms with E-state index in [1.54, 1.807) is 11.3 Å². The molecule has 5 nitrogen and oxygen atoms in total. The second kappa shape index (κ2) is 4.29. The topological polar surface area (TPSA) is 55.8 Å². The molecule has 1 fully saturated rings. The van der Waals surface area contributed by atoms with Gasteiger partial charge in [-0.05, 0) is 6.92 Å². The molecule has 2 aromatic rings. The average Bonchev–Trinajstić information content (AvgIpc) is 2.88. The van der Waals surface area contributed by atoms with Crippen LogP contribution in [0.4, 0.5) is 5.82 Å². The average molecular weight is 252 g/mol. The van der Waals surface area contributed by atoms with Crippen LogP contribution in [0, 0.1) is 0 Å². The van der Waals surface area contributed by atoms with E-state index in [9.17, 15) is 0 Å². The highest BCUT2D eigenvalue weighted by atomic mass is 32.1. The Bertz CT molecular complexity index is 520. The molecule has 0 amide bonds. The van der Waals surface area contributed by atoms with E-state index < -0.39 is 0 Å². The van der Waals surface area contributed by atoms with Gasteiger partial charge in [-0.25, -0.2) is 4.98 Å². The Morgan fingerprint density at radius 3 is 3.29 bits per heavy atom. The second-order valence-corrected chi connectivity index (χ2v) is 5.14. The zero-order valence-electron chi connectivity index (χ0n) is 9.80. The standard InChI is InChI=1S/C11H16N4OS/c1-8-7-14(2-4-16-8)10-9(6-12)15-3-5-17-11(15)13-10/h3,5,8H,2,4,6-7,12H2,1H3. The second-order valence-electron chi connectivity index (χ2n) is 4.27. The largest absolute Gasteiger partial charge is 0.375 e. The van der Waals surface area contributed by atoms with Gasteiger partial charge in [-0.2, -0.15) is 0 Å². The molecule has 17 heavy (non-hydrogen) atoms. The first-order chi connectivity index (χ1) is 8.29. The van der Waals surface area contributed by atoms with Gasteiger partial charge in [0.05, 0.1) is 18.4 Å². The number of aromatic nitrogens is 2. The lowest BCUT2D eigenvalue weighted by atomic mass is 10.3. The summed E-state index contributed by atoms with van der Waals surface area (Å²) in [5, 5.41) is 2.03. The van der Waals surface area contributed by atoms with Crippen LogP contribution in [0.3, 0.4) is 0 Å². The van der Waals surface area contributed by atoms with Crippen LogP contribution in [-0.2, 0) is 11.3 Å². The van der Waals surface area contributed by atoms with E-state index in [0.717, 1.165) is 36.2 Å². The van der Waals surface area contributed by atoms with Crippen molar-refractivity contribution in [2.75, 3.05) is 24.6 Å². The fourth-order valence-corrected chi connectivity index (χ4v) is 3.00. The molecule has 0 bridgehead atoms. The minimum absolute atomic E-state index is 0.258. The molecule has 2 aromatic heterocycles. The third kappa shape index (κ3) is 1.82. The molecule has 2 N–H and O–H groups in total. The van der Waals surface area contributed by atoms with E-state index in [1.807, 2.05) is 11.6 Å². The van der Waals surface area contributed by atoms with Crippen LogP contribution in [-0.4, -0.2) is 35.2 Å². The Kier molecular flexibility index (Phi) is 2.78. The molecule has 3 heterocycles. The zero-order chi connectivity index (χ0) is 11.8. The first-order valence-corrected chi connectivity index (χ1v) is 6.68. The number of nitrogens with zero attached hydrogens (tertiary/aromatic N) is 3. The van der Waals surface area contributed by atoms with Crippen LogP contribution in [0.1, 0.15) is 12.6 Å². The Balaban J connectivity index is 2.00. The van der Waals surface area contributed by atoms with Crippen LogP contribution < -0.4 is 10.6 Å². The number of rotatable bonds is 2. The molecule has 1 saturated heterocycles. The number of imidazole rings is 1. The quantitative estimate of drug-likeness (QED) is 0.869. The SMILES string of the molecule is CC1CN(c2nc3sccn3c2CN)CCO1. The van der Waals surface area contributed by atoms with Gasteiger partial charge in [0, 0.05) is 31.2 Å². The summed E-state index contributed by atoms with van der Waals surface area (Å²) < 4.78 is 7.64. The van der Waals surface area contributed by atoms with Crippen molar-refractivity contribution in [2.45, 2.75) is 19.6 Å². The van der Waals surface area contributed by atoms with Gasteiger partial charge in [-0.3, -0.25) is 4.40 Å². The van der Waals surface area contributed by atoms with Gasteiger partial charge in [0.2, 0.25) is 0 Å². The maximum absolute atomic E-state index is 5.85. The summed E-state index contributed by atoms with van der Waals surface area (Å²) in [6, 6.07) is 0. The summed E-state index contributed by atoms with van der Waals surface area (Å²) in [5.74, 6) is 1.02. The number of ether oxygens (including phenoxy) is 1. The molecule has 0 aromatic carbocycles. The van der Waals surface area contributed by atoms with E-state index in [2.05, 4.69) is 21.2 Å². The molecule has 0 spiro atoms. The van der Waals surface area contributed by atoms with Crippen molar-refractivity contribution in [3.63, 3.8) is 0 Å². The van der Waals surface area contributed by atoms with Crippen LogP contribution in [0.15, 0.2) is 11.6 Å². The molecule has 0 aliphatic carbocycles. The first kappa shape index (κ1) is 11.0. The summed E-state index contributed by atoms with van der Waals surface area (Å²) in [7, 11) is 0. The molecule has 1 aliphatic rings. The predicted octanol–water partition coefficient (Wildman–Crippen LogP) is 1.08.